The Morgan fingerprint density at radius 3 is 2.76 bits per heavy atom. The van der Waals surface area contributed by atoms with Crippen molar-refractivity contribution in [3.63, 3.8) is 0 Å². The molecule has 2 N–H and O–H groups in total. The first-order chi connectivity index (χ1) is 10.1. The zero-order valence-electron chi connectivity index (χ0n) is 13.2. The molecule has 4 nitrogen and oxygen atoms in total. The van der Waals surface area contributed by atoms with E-state index in [1.165, 1.54) is 0 Å². The maximum atomic E-state index is 12.3. The molecule has 0 aromatic heterocycles. The molecule has 21 heavy (non-hydrogen) atoms. The first-order valence-electron chi connectivity index (χ1n) is 7.88. The number of nitrogens with one attached hydrogen (secondary N) is 2. The summed E-state index contributed by atoms with van der Waals surface area (Å²) >= 11 is 0. The van der Waals surface area contributed by atoms with Gasteiger partial charge in [-0.15, -0.1) is 0 Å². The Bertz CT molecular complexity index is 458. The number of rotatable bonds is 5. The molecule has 1 aromatic carbocycles. The molecule has 1 heterocycles. The Hall–Kier alpha value is -1.55. The monoisotopic (exact) mass is 290 g/mol. The molecule has 0 bridgehead atoms. The minimum absolute atomic E-state index is 0.00356. The molecule has 1 aliphatic heterocycles. The molecule has 1 aromatic rings. The predicted molar refractivity (Wildman–Crippen MR) is 84.7 cm³/mol. The smallest absolute Gasteiger partial charge is 0.251 e. The van der Waals surface area contributed by atoms with E-state index >= 15 is 0 Å². The van der Waals surface area contributed by atoms with Gasteiger partial charge in [-0.2, -0.15) is 0 Å². The highest BCUT2D eigenvalue weighted by atomic mass is 16.5. The fourth-order valence-corrected chi connectivity index (χ4v) is 2.48. The average molecular weight is 290 g/mol. The van der Waals surface area contributed by atoms with Gasteiger partial charge in [-0.1, -0.05) is 13.8 Å². The SMILES string of the molecule is CCC(C)Oc1ccc(C(=O)NC2CCNCC2C)cc1. The van der Waals surface area contributed by atoms with Crippen molar-refractivity contribution in [2.45, 2.75) is 45.8 Å². The van der Waals surface area contributed by atoms with Crippen LogP contribution in [-0.2, 0) is 0 Å². The molecule has 116 valence electrons. The van der Waals surface area contributed by atoms with E-state index in [-0.39, 0.29) is 18.1 Å². The minimum atomic E-state index is 0.00356. The largest absolute Gasteiger partial charge is 0.491 e. The summed E-state index contributed by atoms with van der Waals surface area (Å²) < 4.78 is 5.73. The zero-order valence-corrected chi connectivity index (χ0v) is 13.2. The maximum absolute atomic E-state index is 12.3. The Kier molecular flexibility index (Phi) is 5.62. The van der Waals surface area contributed by atoms with E-state index < -0.39 is 0 Å². The standard InChI is InChI=1S/C17H26N2O2/c1-4-13(3)21-15-7-5-14(6-8-15)17(20)19-16-9-10-18-11-12(16)2/h5-8,12-13,16,18H,4,9-11H2,1-3H3,(H,19,20). The van der Waals surface area contributed by atoms with Gasteiger partial charge in [0.2, 0.25) is 0 Å². The molecular formula is C17H26N2O2. The third-order valence-corrected chi connectivity index (χ3v) is 4.13. The van der Waals surface area contributed by atoms with E-state index in [0.29, 0.717) is 11.5 Å². The first kappa shape index (κ1) is 15.8. The molecule has 0 spiro atoms. The lowest BCUT2D eigenvalue weighted by atomic mass is 9.95. The number of ether oxygens (including phenoxy) is 1. The molecule has 0 radical (unpaired) electrons. The lowest BCUT2D eigenvalue weighted by molar-refractivity contribution is 0.0914. The lowest BCUT2D eigenvalue weighted by Crippen LogP contribution is -2.48. The van der Waals surface area contributed by atoms with Gasteiger partial charge in [0.25, 0.3) is 5.91 Å². The predicted octanol–water partition coefficient (Wildman–Crippen LogP) is 2.59. The molecule has 0 aliphatic carbocycles. The highest BCUT2D eigenvalue weighted by Crippen LogP contribution is 2.16. The molecule has 0 saturated carbocycles. The van der Waals surface area contributed by atoms with E-state index in [1.807, 2.05) is 31.2 Å². The second-order valence-electron chi connectivity index (χ2n) is 5.91. The molecule has 1 fully saturated rings. The summed E-state index contributed by atoms with van der Waals surface area (Å²) in [6, 6.07) is 7.66. The van der Waals surface area contributed by atoms with E-state index in [0.717, 1.165) is 31.7 Å². The van der Waals surface area contributed by atoms with Crippen LogP contribution in [0.1, 0.15) is 44.0 Å². The summed E-state index contributed by atoms with van der Waals surface area (Å²) in [5.74, 6) is 1.29. The van der Waals surface area contributed by atoms with E-state index in [1.54, 1.807) is 0 Å². The summed E-state index contributed by atoms with van der Waals surface area (Å²) in [6.07, 6.45) is 2.15. The highest BCUT2D eigenvalue weighted by Gasteiger charge is 2.22. The van der Waals surface area contributed by atoms with Crippen LogP contribution in [0.15, 0.2) is 24.3 Å². The van der Waals surface area contributed by atoms with E-state index in [2.05, 4.69) is 24.5 Å². The Labute approximate surface area is 127 Å². The quantitative estimate of drug-likeness (QED) is 0.876. The summed E-state index contributed by atoms with van der Waals surface area (Å²) in [6.45, 7) is 8.23. The van der Waals surface area contributed by atoms with Crippen molar-refractivity contribution in [3.05, 3.63) is 29.8 Å². The normalized spacial score (nSPS) is 23.4. The van der Waals surface area contributed by atoms with Crippen molar-refractivity contribution >= 4 is 5.91 Å². The summed E-state index contributed by atoms with van der Waals surface area (Å²) in [7, 11) is 0. The van der Waals surface area contributed by atoms with Gasteiger partial charge in [0.1, 0.15) is 5.75 Å². The number of piperidine rings is 1. The van der Waals surface area contributed by atoms with Crippen LogP contribution in [0.5, 0.6) is 5.75 Å². The second kappa shape index (κ2) is 7.46. The Morgan fingerprint density at radius 1 is 1.43 bits per heavy atom. The maximum Gasteiger partial charge on any atom is 0.251 e. The third kappa shape index (κ3) is 4.46. The van der Waals surface area contributed by atoms with E-state index in [9.17, 15) is 4.79 Å². The van der Waals surface area contributed by atoms with Gasteiger partial charge in [0.05, 0.1) is 6.10 Å². The average Bonchev–Trinajstić information content (AvgIpc) is 2.50. The van der Waals surface area contributed by atoms with Crippen molar-refractivity contribution in [3.8, 4) is 5.75 Å². The molecular weight excluding hydrogens is 264 g/mol. The van der Waals surface area contributed by atoms with Gasteiger partial charge in [-0.3, -0.25) is 4.79 Å². The van der Waals surface area contributed by atoms with Gasteiger partial charge in [0.15, 0.2) is 0 Å². The third-order valence-electron chi connectivity index (χ3n) is 4.13. The van der Waals surface area contributed by atoms with Crippen LogP contribution in [-0.4, -0.2) is 31.1 Å². The van der Waals surface area contributed by atoms with Crippen LogP contribution < -0.4 is 15.4 Å². The summed E-state index contributed by atoms with van der Waals surface area (Å²) in [5, 5.41) is 6.48. The molecule has 1 amide bonds. The molecule has 1 saturated heterocycles. The number of carbonyl (C=O) groups is 1. The van der Waals surface area contributed by atoms with Crippen LogP contribution in [0.2, 0.25) is 0 Å². The number of amides is 1. The van der Waals surface area contributed by atoms with Gasteiger partial charge >= 0.3 is 0 Å². The van der Waals surface area contributed by atoms with Crippen molar-refractivity contribution in [1.29, 1.82) is 0 Å². The lowest BCUT2D eigenvalue weighted by Gasteiger charge is -2.30. The Balaban J connectivity index is 1.93. The number of hydrogen-bond acceptors (Lipinski definition) is 3. The molecule has 4 heteroatoms. The molecule has 1 aliphatic rings. The van der Waals surface area contributed by atoms with Crippen molar-refractivity contribution in [2.75, 3.05) is 13.1 Å². The van der Waals surface area contributed by atoms with Crippen molar-refractivity contribution in [1.82, 2.24) is 10.6 Å². The van der Waals surface area contributed by atoms with Crippen molar-refractivity contribution in [2.24, 2.45) is 5.92 Å². The highest BCUT2D eigenvalue weighted by molar-refractivity contribution is 5.94. The second-order valence-corrected chi connectivity index (χ2v) is 5.91. The van der Waals surface area contributed by atoms with E-state index in [4.69, 9.17) is 4.74 Å². The summed E-state index contributed by atoms with van der Waals surface area (Å²) in [5.41, 5.74) is 0.692. The summed E-state index contributed by atoms with van der Waals surface area (Å²) in [4.78, 5) is 12.3. The van der Waals surface area contributed by atoms with Crippen LogP contribution in [0.4, 0.5) is 0 Å². The van der Waals surface area contributed by atoms with Gasteiger partial charge in [-0.05, 0) is 63.0 Å². The van der Waals surface area contributed by atoms with Crippen LogP contribution >= 0.6 is 0 Å². The minimum Gasteiger partial charge on any atom is -0.491 e. The fourth-order valence-electron chi connectivity index (χ4n) is 2.48. The van der Waals surface area contributed by atoms with Gasteiger partial charge < -0.3 is 15.4 Å². The number of hydrogen-bond donors (Lipinski definition) is 2. The van der Waals surface area contributed by atoms with Gasteiger partial charge in [0, 0.05) is 11.6 Å². The first-order valence-corrected chi connectivity index (χ1v) is 7.88. The Morgan fingerprint density at radius 2 is 2.14 bits per heavy atom. The van der Waals surface area contributed by atoms with Gasteiger partial charge in [-0.25, -0.2) is 0 Å². The fraction of sp³-hybridized carbons (Fsp3) is 0.588. The van der Waals surface area contributed by atoms with Crippen LogP contribution in [0, 0.1) is 5.92 Å². The number of benzene rings is 1. The molecule has 2 rings (SSSR count). The number of carbonyl (C=O) groups excluding carboxylic acids is 1. The van der Waals surface area contributed by atoms with Crippen molar-refractivity contribution < 1.29 is 9.53 Å². The molecule has 3 unspecified atom stereocenters. The van der Waals surface area contributed by atoms with Crippen LogP contribution in [0.3, 0.4) is 0 Å². The topological polar surface area (TPSA) is 50.4 Å². The van der Waals surface area contributed by atoms with Crippen LogP contribution in [0.25, 0.3) is 0 Å². The molecule has 3 atom stereocenters. The zero-order chi connectivity index (χ0) is 15.2.